The van der Waals surface area contributed by atoms with E-state index in [0.29, 0.717) is 28.6 Å². The third-order valence-corrected chi connectivity index (χ3v) is 5.53. The number of para-hydroxylation sites is 1. The number of ether oxygens (including phenoxy) is 1. The lowest BCUT2D eigenvalue weighted by molar-refractivity contribution is 0.0473. The van der Waals surface area contributed by atoms with Crippen LogP contribution in [-0.2, 0) is 4.74 Å². The summed E-state index contributed by atoms with van der Waals surface area (Å²) < 4.78 is 9.32. The molecular weight excluding hydrogens is 366 g/mol. The molecule has 29 heavy (non-hydrogen) atoms. The molecule has 0 amide bonds. The van der Waals surface area contributed by atoms with Gasteiger partial charge in [-0.05, 0) is 58.7 Å². The first kappa shape index (κ1) is 19.2. The summed E-state index contributed by atoms with van der Waals surface area (Å²) in [5, 5.41) is 4.47. The van der Waals surface area contributed by atoms with E-state index < -0.39 is 5.97 Å². The van der Waals surface area contributed by atoms with Gasteiger partial charge in [0.15, 0.2) is 6.61 Å². The van der Waals surface area contributed by atoms with E-state index in [1.807, 2.05) is 57.2 Å². The van der Waals surface area contributed by atoms with Crippen LogP contribution in [-0.4, -0.2) is 32.7 Å². The molecule has 0 bridgehead atoms. The lowest BCUT2D eigenvalue weighted by Crippen LogP contribution is -2.16. The van der Waals surface area contributed by atoms with Gasteiger partial charge in [-0.15, -0.1) is 0 Å². The van der Waals surface area contributed by atoms with Gasteiger partial charge in [0.25, 0.3) is 0 Å². The van der Waals surface area contributed by atoms with E-state index in [-0.39, 0.29) is 12.4 Å². The van der Waals surface area contributed by atoms with E-state index in [4.69, 9.17) is 4.74 Å². The van der Waals surface area contributed by atoms with E-state index in [0.717, 1.165) is 29.9 Å². The monoisotopic (exact) mass is 391 g/mol. The average molecular weight is 391 g/mol. The Morgan fingerprint density at radius 2 is 1.76 bits per heavy atom. The molecule has 0 unspecified atom stereocenters. The Labute approximate surface area is 170 Å². The Morgan fingerprint density at radius 1 is 1.07 bits per heavy atom. The van der Waals surface area contributed by atoms with Crippen LogP contribution in [0.3, 0.4) is 0 Å². The molecule has 1 aliphatic rings. The van der Waals surface area contributed by atoms with Gasteiger partial charge in [0.05, 0.1) is 17.1 Å². The normalized spacial score (nSPS) is 13.5. The van der Waals surface area contributed by atoms with Gasteiger partial charge < -0.3 is 9.30 Å². The van der Waals surface area contributed by atoms with Crippen LogP contribution >= 0.6 is 0 Å². The predicted octanol–water partition coefficient (Wildman–Crippen LogP) is 4.28. The Balaban J connectivity index is 1.50. The van der Waals surface area contributed by atoms with E-state index >= 15 is 0 Å². The number of benzene rings is 1. The second kappa shape index (κ2) is 7.35. The van der Waals surface area contributed by atoms with Gasteiger partial charge in [-0.1, -0.05) is 18.2 Å². The van der Waals surface area contributed by atoms with Gasteiger partial charge >= 0.3 is 5.97 Å². The second-order valence-electron chi connectivity index (χ2n) is 7.68. The number of ketones is 1. The van der Waals surface area contributed by atoms with Crippen molar-refractivity contribution in [3.05, 3.63) is 70.3 Å². The minimum Gasteiger partial charge on any atom is -0.454 e. The summed E-state index contributed by atoms with van der Waals surface area (Å²) in [5.41, 5.74) is 5.22. The van der Waals surface area contributed by atoms with Gasteiger partial charge in [0.2, 0.25) is 5.78 Å². The lowest BCUT2D eigenvalue weighted by Gasteiger charge is -2.08. The highest BCUT2D eigenvalue weighted by atomic mass is 16.5. The number of carbonyl (C=O) groups excluding carboxylic acids is 2. The Hall–Kier alpha value is -3.15. The van der Waals surface area contributed by atoms with Crippen molar-refractivity contribution in [2.45, 2.75) is 46.6 Å². The number of rotatable bonds is 6. The van der Waals surface area contributed by atoms with Gasteiger partial charge in [-0.3, -0.25) is 4.79 Å². The van der Waals surface area contributed by atoms with Crippen LogP contribution in [0.15, 0.2) is 36.4 Å². The van der Waals surface area contributed by atoms with Gasteiger partial charge in [-0.2, -0.15) is 5.10 Å². The third kappa shape index (κ3) is 3.50. The average Bonchev–Trinajstić information content (AvgIpc) is 3.42. The van der Waals surface area contributed by atoms with Crippen LogP contribution in [0.25, 0.3) is 5.69 Å². The molecule has 150 valence electrons. The van der Waals surface area contributed by atoms with Crippen LogP contribution in [0.5, 0.6) is 0 Å². The first-order valence-electron chi connectivity index (χ1n) is 9.89. The number of hydrogen-bond donors (Lipinski definition) is 0. The summed E-state index contributed by atoms with van der Waals surface area (Å²) in [6, 6.07) is 12.0. The first-order chi connectivity index (χ1) is 13.9. The van der Waals surface area contributed by atoms with Crippen molar-refractivity contribution >= 4 is 11.8 Å². The largest absolute Gasteiger partial charge is 0.454 e. The number of carbonyl (C=O) groups is 2. The van der Waals surface area contributed by atoms with E-state index in [2.05, 4.69) is 9.67 Å². The molecule has 1 aromatic carbocycles. The first-order valence-corrected chi connectivity index (χ1v) is 9.89. The summed E-state index contributed by atoms with van der Waals surface area (Å²) in [4.78, 5) is 25.4. The number of aryl methyl sites for hydroxylation is 2. The molecule has 2 heterocycles. The highest BCUT2D eigenvalue weighted by molar-refractivity contribution is 6.00. The van der Waals surface area contributed by atoms with Crippen molar-refractivity contribution in [2.24, 2.45) is 0 Å². The summed E-state index contributed by atoms with van der Waals surface area (Å²) in [7, 11) is 0. The molecule has 2 aromatic heterocycles. The van der Waals surface area contributed by atoms with Gasteiger partial charge in [-0.25, -0.2) is 9.48 Å². The van der Waals surface area contributed by atoms with Crippen LogP contribution in [0.4, 0.5) is 0 Å². The Bertz CT molecular complexity index is 1090. The molecule has 4 rings (SSSR count). The van der Waals surface area contributed by atoms with Crippen molar-refractivity contribution in [1.82, 2.24) is 14.3 Å². The number of hydrogen-bond acceptors (Lipinski definition) is 4. The van der Waals surface area contributed by atoms with Crippen molar-refractivity contribution in [2.75, 3.05) is 6.61 Å². The second-order valence-corrected chi connectivity index (χ2v) is 7.68. The summed E-state index contributed by atoms with van der Waals surface area (Å²) >= 11 is 0. The standard InChI is InChI=1S/C23H25N3O3/c1-14-12-20(16(3)25(14)18-10-11-18)21(27)13-29-23(28)22-15(2)24-26(17(22)4)19-8-6-5-7-9-19/h5-9,12,18H,10-11,13H2,1-4H3. The van der Waals surface area contributed by atoms with Crippen molar-refractivity contribution in [3.63, 3.8) is 0 Å². The van der Waals surface area contributed by atoms with Crippen LogP contribution < -0.4 is 0 Å². The molecule has 3 aromatic rings. The van der Waals surface area contributed by atoms with Gasteiger partial charge in [0, 0.05) is 23.0 Å². The molecule has 1 saturated carbocycles. The molecule has 6 heteroatoms. The molecule has 0 saturated heterocycles. The molecule has 0 aliphatic heterocycles. The molecule has 0 atom stereocenters. The van der Waals surface area contributed by atoms with Crippen molar-refractivity contribution in [1.29, 1.82) is 0 Å². The van der Waals surface area contributed by atoms with E-state index in [1.165, 1.54) is 0 Å². The highest BCUT2D eigenvalue weighted by Gasteiger charge is 2.29. The number of aromatic nitrogens is 3. The fourth-order valence-electron chi connectivity index (χ4n) is 3.99. The molecule has 1 fully saturated rings. The smallest absolute Gasteiger partial charge is 0.342 e. The van der Waals surface area contributed by atoms with E-state index in [9.17, 15) is 9.59 Å². The quantitative estimate of drug-likeness (QED) is 0.465. The molecule has 6 nitrogen and oxygen atoms in total. The predicted molar refractivity (Wildman–Crippen MR) is 110 cm³/mol. The number of esters is 1. The summed E-state index contributed by atoms with van der Waals surface area (Å²) in [5.74, 6) is -0.698. The van der Waals surface area contributed by atoms with Crippen LogP contribution in [0, 0.1) is 27.7 Å². The van der Waals surface area contributed by atoms with Crippen LogP contribution in [0.2, 0.25) is 0 Å². The maximum absolute atomic E-state index is 12.7. The molecule has 0 spiro atoms. The minimum absolute atomic E-state index is 0.177. The van der Waals surface area contributed by atoms with E-state index in [1.54, 1.807) is 11.6 Å². The molecule has 1 aliphatic carbocycles. The zero-order valence-corrected chi connectivity index (χ0v) is 17.2. The minimum atomic E-state index is -0.522. The molecule has 0 radical (unpaired) electrons. The fourth-order valence-corrected chi connectivity index (χ4v) is 3.99. The molecule has 0 N–H and O–H groups in total. The van der Waals surface area contributed by atoms with Crippen LogP contribution in [0.1, 0.15) is 62.4 Å². The topological polar surface area (TPSA) is 66.1 Å². The van der Waals surface area contributed by atoms with Crippen molar-refractivity contribution < 1.29 is 14.3 Å². The van der Waals surface area contributed by atoms with Crippen molar-refractivity contribution in [3.8, 4) is 5.69 Å². The number of nitrogens with zero attached hydrogens (tertiary/aromatic N) is 3. The fraction of sp³-hybridized carbons (Fsp3) is 0.348. The number of Topliss-reactive ketones (excluding diaryl/α,β-unsaturated/α-hetero) is 1. The zero-order chi connectivity index (χ0) is 20.7. The lowest BCUT2D eigenvalue weighted by atomic mass is 10.1. The van der Waals surface area contributed by atoms with Gasteiger partial charge in [0.1, 0.15) is 5.56 Å². The zero-order valence-electron chi connectivity index (χ0n) is 17.2. The Kier molecular flexibility index (Phi) is 4.86. The summed E-state index contributed by atoms with van der Waals surface area (Å²) in [6.45, 7) is 7.29. The highest BCUT2D eigenvalue weighted by Crippen LogP contribution is 2.38. The third-order valence-electron chi connectivity index (χ3n) is 5.53. The summed E-state index contributed by atoms with van der Waals surface area (Å²) in [6.07, 6.45) is 2.31. The molecular formula is C23H25N3O3. The SMILES string of the molecule is Cc1nn(-c2ccccc2)c(C)c1C(=O)OCC(=O)c1cc(C)n(C2CC2)c1C. The Morgan fingerprint density at radius 3 is 2.41 bits per heavy atom. The maximum Gasteiger partial charge on any atom is 0.342 e. The maximum atomic E-state index is 12.7.